The van der Waals surface area contributed by atoms with Crippen LogP contribution in [0.15, 0.2) is 0 Å². The zero-order valence-corrected chi connectivity index (χ0v) is 12.1. The highest BCUT2D eigenvalue weighted by atomic mass is 35.5. The number of alkyl halides is 1. The minimum absolute atomic E-state index is 0.0796. The molecule has 1 atom stereocenters. The first kappa shape index (κ1) is 14.8. The second-order valence-electron chi connectivity index (χ2n) is 5.91. The highest BCUT2D eigenvalue weighted by molar-refractivity contribution is 6.20. The number of hydrogen-bond acceptors (Lipinski definition) is 1. The molecule has 1 fully saturated rings. The summed E-state index contributed by atoms with van der Waals surface area (Å²) in [5.74, 6) is 0.854. The van der Waals surface area contributed by atoms with Gasteiger partial charge in [0.25, 0.3) is 0 Å². The number of hydrogen-bond donors (Lipinski definition) is 1. The summed E-state index contributed by atoms with van der Waals surface area (Å²) >= 11 is 5.89. The molecule has 1 N–H and O–H groups in total. The van der Waals surface area contributed by atoms with Gasteiger partial charge in [0.2, 0.25) is 5.91 Å². The second kappa shape index (κ2) is 6.63. The Kier molecular flexibility index (Phi) is 5.78. The van der Waals surface area contributed by atoms with Crippen LogP contribution in [0.2, 0.25) is 0 Å². The van der Waals surface area contributed by atoms with Crippen LogP contribution in [0.1, 0.15) is 59.3 Å². The summed E-state index contributed by atoms with van der Waals surface area (Å²) in [6, 6.07) is 0. The Hall–Kier alpha value is -0.240. The van der Waals surface area contributed by atoms with Gasteiger partial charge in [-0.2, -0.15) is 0 Å². The Bertz CT molecular complexity index is 245. The number of nitrogens with one attached hydrogen (secondary N) is 1. The van der Waals surface area contributed by atoms with Crippen molar-refractivity contribution in [2.75, 3.05) is 6.54 Å². The van der Waals surface area contributed by atoms with Gasteiger partial charge in [0.15, 0.2) is 0 Å². The van der Waals surface area contributed by atoms with Crippen molar-refractivity contribution in [2.45, 2.75) is 64.7 Å². The average Bonchev–Trinajstić information content (AvgIpc) is 2.65. The Morgan fingerprint density at radius 2 is 1.88 bits per heavy atom. The maximum atomic E-state index is 12.3. The van der Waals surface area contributed by atoms with Crippen molar-refractivity contribution in [1.82, 2.24) is 5.32 Å². The molecule has 0 saturated heterocycles. The fourth-order valence-corrected chi connectivity index (χ4v) is 3.04. The Morgan fingerprint density at radius 1 is 1.29 bits per heavy atom. The molecule has 1 amide bonds. The highest BCUT2D eigenvalue weighted by Crippen LogP contribution is 2.43. The first-order valence-corrected chi connectivity index (χ1v) is 7.32. The molecule has 3 heteroatoms. The van der Waals surface area contributed by atoms with Gasteiger partial charge in [-0.1, -0.05) is 26.7 Å². The molecule has 100 valence electrons. The molecule has 17 heavy (non-hydrogen) atoms. The average molecular weight is 260 g/mol. The molecule has 1 aliphatic carbocycles. The molecule has 1 rings (SSSR count). The van der Waals surface area contributed by atoms with Gasteiger partial charge in [-0.25, -0.2) is 0 Å². The van der Waals surface area contributed by atoms with Crippen molar-refractivity contribution in [2.24, 2.45) is 11.3 Å². The molecular formula is C14H26ClNO. The van der Waals surface area contributed by atoms with Crippen molar-refractivity contribution in [3.8, 4) is 0 Å². The largest absolute Gasteiger partial charge is 0.356 e. The Labute approximate surface area is 110 Å². The Balaban J connectivity index is 2.49. The minimum atomic E-state index is -0.0796. The monoisotopic (exact) mass is 259 g/mol. The number of halogens is 1. The number of amides is 1. The second-order valence-corrected chi connectivity index (χ2v) is 6.66. The van der Waals surface area contributed by atoms with Crippen molar-refractivity contribution in [3.63, 3.8) is 0 Å². The van der Waals surface area contributed by atoms with E-state index >= 15 is 0 Å². The fourth-order valence-electron chi connectivity index (χ4n) is 2.93. The Morgan fingerprint density at radius 3 is 2.35 bits per heavy atom. The lowest BCUT2D eigenvalue weighted by molar-refractivity contribution is -0.131. The van der Waals surface area contributed by atoms with Crippen LogP contribution in [0.25, 0.3) is 0 Å². The van der Waals surface area contributed by atoms with Crippen molar-refractivity contribution >= 4 is 17.5 Å². The van der Waals surface area contributed by atoms with E-state index in [1.807, 2.05) is 6.92 Å². The van der Waals surface area contributed by atoms with E-state index in [9.17, 15) is 4.79 Å². The highest BCUT2D eigenvalue weighted by Gasteiger charge is 2.40. The standard InChI is InChI=1S/C14H26ClNO/c1-11(2)10-14(7-4-5-8-14)13(17)16-9-6-12(3)15/h11-12H,4-10H2,1-3H3,(H,16,17). The zero-order chi connectivity index (χ0) is 12.9. The summed E-state index contributed by atoms with van der Waals surface area (Å²) in [6.45, 7) is 7.08. The molecule has 1 saturated carbocycles. The van der Waals surface area contributed by atoms with E-state index in [2.05, 4.69) is 19.2 Å². The van der Waals surface area contributed by atoms with Gasteiger partial charge in [-0.3, -0.25) is 4.79 Å². The summed E-state index contributed by atoms with van der Waals surface area (Å²) in [4.78, 5) is 12.3. The lowest BCUT2D eigenvalue weighted by atomic mass is 9.77. The summed E-state index contributed by atoms with van der Waals surface area (Å²) in [6.07, 6.45) is 6.40. The third kappa shape index (κ3) is 4.50. The SMILES string of the molecule is CC(C)CC1(C(=O)NCCC(C)Cl)CCCC1. The van der Waals surface area contributed by atoms with Gasteiger partial charge in [0.1, 0.15) is 0 Å². The molecule has 0 aromatic carbocycles. The molecule has 1 unspecified atom stereocenters. The van der Waals surface area contributed by atoms with Crippen LogP contribution in [-0.4, -0.2) is 17.8 Å². The normalized spacial score (nSPS) is 20.5. The topological polar surface area (TPSA) is 29.1 Å². The summed E-state index contributed by atoms with van der Waals surface area (Å²) in [5, 5.41) is 3.22. The summed E-state index contributed by atoms with van der Waals surface area (Å²) in [5.41, 5.74) is -0.0796. The van der Waals surface area contributed by atoms with E-state index < -0.39 is 0 Å². The van der Waals surface area contributed by atoms with E-state index in [4.69, 9.17) is 11.6 Å². The molecule has 0 radical (unpaired) electrons. The number of rotatable bonds is 6. The van der Waals surface area contributed by atoms with Gasteiger partial charge >= 0.3 is 0 Å². The third-order valence-electron chi connectivity index (χ3n) is 3.67. The van der Waals surface area contributed by atoms with Crippen molar-refractivity contribution in [3.05, 3.63) is 0 Å². The number of carbonyl (C=O) groups excluding carboxylic acids is 1. The van der Waals surface area contributed by atoms with Crippen LogP contribution in [0.5, 0.6) is 0 Å². The molecule has 0 heterocycles. The predicted octanol–water partition coefficient (Wildman–Crippen LogP) is 3.73. The first-order chi connectivity index (χ1) is 7.96. The van der Waals surface area contributed by atoms with Crippen LogP contribution < -0.4 is 5.32 Å². The first-order valence-electron chi connectivity index (χ1n) is 6.89. The quantitative estimate of drug-likeness (QED) is 0.724. The van der Waals surface area contributed by atoms with E-state index in [-0.39, 0.29) is 16.7 Å². The van der Waals surface area contributed by atoms with Crippen LogP contribution in [-0.2, 0) is 4.79 Å². The van der Waals surface area contributed by atoms with Crippen LogP contribution >= 0.6 is 11.6 Å². The van der Waals surface area contributed by atoms with Crippen LogP contribution in [0.4, 0.5) is 0 Å². The number of carbonyl (C=O) groups is 1. The summed E-state index contributed by atoms with van der Waals surface area (Å²) in [7, 11) is 0. The van der Waals surface area contributed by atoms with Gasteiger partial charge in [0, 0.05) is 17.3 Å². The zero-order valence-electron chi connectivity index (χ0n) is 11.4. The smallest absolute Gasteiger partial charge is 0.226 e. The third-order valence-corrected chi connectivity index (χ3v) is 3.89. The molecule has 1 aliphatic rings. The molecule has 0 aliphatic heterocycles. The molecule has 0 bridgehead atoms. The molecule has 0 aromatic heterocycles. The molecule has 0 aromatic rings. The van der Waals surface area contributed by atoms with E-state index in [1.54, 1.807) is 0 Å². The lowest BCUT2D eigenvalue weighted by Gasteiger charge is -2.29. The van der Waals surface area contributed by atoms with E-state index in [0.29, 0.717) is 12.5 Å². The van der Waals surface area contributed by atoms with Gasteiger partial charge in [-0.05, 0) is 38.5 Å². The van der Waals surface area contributed by atoms with Gasteiger partial charge in [0.05, 0.1) is 0 Å². The predicted molar refractivity (Wildman–Crippen MR) is 73.3 cm³/mol. The van der Waals surface area contributed by atoms with Crippen molar-refractivity contribution in [1.29, 1.82) is 0 Å². The van der Waals surface area contributed by atoms with Gasteiger partial charge < -0.3 is 5.32 Å². The molecule has 2 nitrogen and oxygen atoms in total. The van der Waals surface area contributed by atoms with E-state index in [1.165, 1.54) is 12.8 Å². The molecular weight excluding hydrogens is 234 g/mol. The maximum absolute atomic E-state index is 12.3. The van der Waals surface area contributed by atoms with Crippen LogP contribution in [0.3, 0.4) is 0 Å². The van der Waals surface area contributed by atoms with Crippen LogP contribution in [0, 0.1) is 11.3 Å². The lowest BCUT2D eigenvalue weighted by Crippen LogP contribution is -2.40. The van der Waals surface area contributed by atoms with Gasteiger partial charge in [-0.15, -0.1) is 11.6 Å². The summed E-state index contributed by atoms with van der Waals surface area (Å²) < 4.78 is 0. The minimum Gasteiger partial charge on any atom is -0.356 e. The fraction of sp³-hybridized carbons (Fsp3) is 0.929. The maximum Gasteiger partial charge on any atom is 0.226 e. The molecule has 0 spiro atoms. The van der Waals surface area contributed by atoms with Crippen molar-refractivity contribution < 1.29 is 4.79 Å². The van der Waals surface area contributed by atoms with E-state index in [0.717, 1.165) is 25.7 Å².